The molecule has 0 saturated heterocycles. The maximum atomic E-state index is 13.0. The lowest BCUT2D eigenvalue weighted by atomic mass is 9.83. The van der Waals surface area contributed by atoms with Crippen molar-refractivity contribution < 1.29 is 23.2 Å². The molecule has 0 fully saturated rings. The van der Waals surface area contributed by atoms with Crippen LogP contribution in [-0.2, 0) is 14.9 Å². The second-order valence-corrected chi connectivity index (χ2v) is 9.23. The summed E-state index contributed by atoms with van der Waals surface area (Å²) in [7, 11) is -5.10. The Bertz CT molecular complexity index is 1200. The number of phenolic OH excluding ortho intramolecular Hbond substituents is 2. The fraction of sp³-hybridized carbons (Fsp3) is 0.0526. The number of halogens is 4. The maximum Gasteiger partial charge on any atom is 0.283 e. The maximum absolute atomic E-state index is 13.0. The quantitative estimate of drug-likeness (QED) is 0.239. The number of rotatable bonds is 4. The summed E-state index contributed by atoms with van der Waals surface area (Å²) < 4.78 is 34.0. The van der Waals surface area contributed by atoms with Gasteiger partial charge in [-0.3, -0.25) is 4.55 Å². The van der Waals surface area contributed by atoms with Crippen LogP contribution in [0.15, 0.2) is 54.6 Å². The standard InChI is InChI=1S/C19H12Cl4O5S/c20-11-6-7-15(24)12(8-11)19(29(26,27)28,10-4-2-1-3-5-10)13-9-14(21)18(25)17(23)16(13)22/h1-9,24-25H,(H,26,27,28). The van der Waals surface area contributed by atoms with E-state index >= 15 is 0 Å². The zero-order valence-electron chi connectivity index (χ0n) is 14.3. The topological polar surface area (TPSA) is 94.8 Å². The first kappa shape index (κ1) is 22.0. The predicted octanol–water partition coefficient (Wildman–Crippen LogP) is 5.89. The molecule has 152 valence electrons. The summed E-state index contributed by atoms with van der Waals surface area (Å²) in [6, 6.07) is 12.3. The highest BCUT2D eigenvalue weighted by Crippen LogP contribution is 2.53. The molecule has 0 radical (unpaired) electrons. The number of hydrogen-bond acceptors (Lipinski definition) is 4. The molecule has 0 bridgehead atoms. The molecule has 0 saturated carbocycles. The molecule has 0 spiro atoms. The van der Waals surface area contributed by atoms with Gasteiger partial charge in [0.15, 0.2) is 10.5 Å². The molecule has 3 aromatic rings. The van der Waals surface area contributed by atoms with E-state index < -0.39 is 31.4 Å². The Labute approximate surface area is 186 Å². The molecule has 5 nitrogen and oxygen atoms in total. The van der Waals surface area contributed by atoms with Gasteiger partial charge in [0.2, 0.25) is 0 Å². The molecule has 3 rings (SSSR count). The lowest BCUT2D eigenvalue weighted by Gasteiger charge is -2.34. The minimum Gasteiger partial charge on any atom is -0.508 e. The summed E-state index contributed by atoms with van der Waals surface area (Å²) in [5.41, 5.74) is -0.531. The van der Waals surface area contributed by atoms with Crippen molar-refractivity contribution in [2.24, 2.45) is 0 Å². The molecule has 1 unspecified atom stereocenters. The van der Waals surface area contributed by atoms with Crippen LogP contribution < -0.4 is 0 Å². The summed E-state index contributed by atoms with van der Waals surface area (Å²) in [5, 5.41) is 19.5. The first-order chi connectivity index (χ1) is 13.5. The average molecular weight is 494 g/mol. The van der Waals surface area contributed by atoms with E-state index in [9.17, 15) is 23.2 Å². The number of benzene rings is 3. The molecule has 0 aliphatic rings. The van der Waals surface area contributed by atoms with Crippen LogP contribution in [0.2, 0.25) is 20.1 Å². The minimum absolute atomic E-state index is 0.0276. The SMILES string of the molecule is O=S(=O)(O)C(c1ccccc1)(c1cc(Cl)ccc1O)c1cc(Cl)c(O)c(Cl)c1Cl. The highest BCUT2D eigenvalue weighted by Gasteiger charge is 2.52. The molecule has 3 aromatic carbocycles. The van der Waals surface area contributed by atoms with Gasteiger partial charge >= 0.3 is 0 Å². The van der Waals surface area contributed by atoms with Gasteiger partial charge in [0, 0.05) is 16.1 Å². The van der Waals surface area contributed by atoms with E-state index in [-0.39, 0.29) is 31.8 Å². The highest BCUT2D eigenvalue weighted by atomic mass is 35.5. The van der Waals surface area contributed by atoms with Gasteiger partial charge in [-0.05, 0) is 29.8 Å². The summed E-state index contributed by atoms with van der Waals surface area (Å²) in [4.78, 5) is 0. The molecule has 29 heavy (non-hydrogen) atoms. The predicted molar refractivity (Wildman–Crippen MR) is 114 cm³/mol. The molecular formula is C19H12Cl4O5S. The molecule has 3 N–H and O–H groups in total. The third-order valence-electron chi connectivity index (χ3n) is 4.42. The first-order valence-electron chi connectivity index (χ1n) is 7.90. The van der Waals surface area contributed by atoms with Crippen molar-refractivity contribution in [1.82, 2.24) is 0 Å². The largest absolute Gasteiger partial charge is 0.508 e. The summed E-state index contributed by atoms with van der Waals surface area (Å²) in [5.74, 6) is -1.04. The van der Waals surface area contributed by atoms with E-state index in [0.717, 1.165) is 6.07 Å². The van der Waals surface area contributed by atoms with Crippen molar-refractivity contribution in [3.05, 3.63) is 91.4 Å². The Hall–Kier alpha value is -1.67. The third kappa shape index (κ3) is 3.54. The van der Waals surface area contributed by atoms with Crippen LogP contribution in [0.5, 0.6) is 11.5 Å². The lowest BCUT2D eigenvalue weighted by Crippen LogP contribution is -2.38. The normalized spacial score (nSPS) is 13.8. The van der Waals surface area contributed by atoms with Crippen molar-refractivity contribution >= 4 is 56.5 Å². The van der Waals surface area contributed by atoms with E-state index in [1.807, 2.05) is 0 Å². The van der Waals surface area contributed by atoms with Crippen LogP contribution in [0.1, 0.15) is 16.7 Å². The van der Waals surface area contributed by atoms with Crippen LogP contribution in [0.4, 0.5) is 0 Å². The fourth-order valence-corrected chi connectivity index (χ4v) is 5.47. The van der Waals surface area contributed by atoms with Gasteiger partial charge in [-0.15, -0.1) is 0 Å². The van der Waals surface area contributed by atoms with Gasteiger partial charge in [0.05, 0.1) is 10.0 Å². The molecule has 0 aromatic heterocycles. The molecule has 0 aliphatic carbocycles. The van der Waals surface area contributed by atoms with E-state index in [0.29, 0.717) is 0 Å². The van der Waals surface area contributed by atoms with Crippen LogP contribution in [0.25, 0.3) is 0 Å². The van der Waals surface area contributed by atoms with Crippen LogP contribution in [0, 0.1) is 0 Å². The smallest absolute Gasteiger partial charge is 0.283 e. The van der Waals surface area contributed by atoms with Gasteiger partial charge in [0.1, 0.15) is 10.8 Å². The number of phenols is 2. The van der Waals surface area contributed by atoms with Crippen molar-refractivity contribution in [1.29, 1.82) is 0 Å². The van der Waals surface area contributed by atoms with E-state index in [1.54, 1.807) is 6.07 Å². The Morgan fingerprint density at radius 1 is 0.793 bits per heavy atom. The first-order valence-corrected chi connectivity index (χ1v) is 10.9. The van der Waals surface area contributed by atoms with Crippen molar-refractivity contribution in [3.8, 4) is 11.5 Å². The summed E-state index contributed by atoms with van der Waals surface area (Å²) in [6.07, 6.45) is 0. The fourth-order valence-electron chi connectivity index (χ4n) is 3.19. The van der Waals surface area contributed by atoms with Crippen molar-refractivity contribution in [3.63, 3.8) is 0 Å². The minimum atomic E-state index is -5.10. The number of aromatic hydroxyl groups is 2. The summed E-state index contributed by atoms with van der Waals surface area (Å²) >= 11 is 24.5. The Morgan fingerprint density at radius 3 is 2.00 bits per heavy atom. The van der Waals surface area contributed by atoms with Gasteiger partial charge in [-0.25, -0.2) is 0 Å². The van der Waals surface area contributed by atoms with Gasteiger partial charge < -0.3 is 10.2 Å². The van der Waals surface area contributed by atoms with Crippen LogP contribution in [0.3, 0.4) is 0 Å². The van der Waals surface area contributed by atoms with E-state index in [1.165, 1.54) is 42.5 Å². The van der Waals surface area contributed by atoms with E-state index in [2.05, 4.69) is 0 Å². The zero-order valence-corrected chi connectivity index (χ0v) is 18.1. The molecule has 10 heteroatoms. The lowest BCUT2D eigenvalue weighted by molar-refractivity contribution is 0.440. The third-order valence-corrected chi connectivity index (χ3v) is 7.25. The highest BCUT2D eigenvalue weighted by molar-refractivity contribution is 7.87. The Balaban J connectivity index is 2.65. The second-order valence-electron chi connectivity index (χ2n) is 6.07. The average Bonchev–Trinajstić information content (AvgIpc) is 2.67. The molecule has 0 heterocycles. The zero-order chi connectivity index (χ0) is 21.6. The monoisotopic (exact) mass is 492 g/mol. The van der Waals surface area contributed by atoms with Crippen molar-refractivity contribution in [2.75, 3.05) is 0 Å². The Morgan fingerprint density at radius 2 is 1.41 bits per heavy atom. The van der Waals surface area contributed by atoms with Crippen LogP contribution >= 0.6 is 46.4 Å². The second kappa shape index (κ2) is 7.87. The van der Waals surface area contributed by atoms with Crippen molar-refractivity contribution in [2.45, 2.75) is 4.75 Å². The molecule has 1 atom stereocenters. The number of hydrogen-bond donors (Lipinski definition) is 3. The van der Waals surface area contributed by atoms with Gasteiger partial charge in [-0.1, -0.05) is 76.7 Å². The molecule has 0 amide bonds. The Kier molecular flexibility index (Phi) is 5.98. The van der Waals surface area contributed by atoms with Gasteiger partial charge in [0.25, 0.3) is 10.1 Å². The van der Waals surface area contributed by atoms with Crippen LogP contribution in [-0.4, -0.2) is 23.2 Å². The van der Waals surface area contributed by atoms with E-state index in [4.69, 9.17) is 46.4 Å². The molecule has 0 aliphatic heterocycles. The van der Waals surface area contributed by atoms with Gasteiger partial charge in [-0.2, -0.15) is 8.42 Å². The summed E-state index contributed by atoms with van der Waals surface area (Å²) in [6.45, 7) is 0. The molecular weight excluding hydrogens is 482 g/mol.